The van der Waals surface area contributed by atoms with Gasteiger partial charge in [0.2, 0.25) is 5.13 Å². The highest BCUT2D eigenvalue weighted by Crippen LogP contribution is 2.41. The number of fused-ring (bicyclic) bond motifs is 1. The second-order valence-corrected chi connectivity index (χ2v) is 10.7. The Bertz CT molecular complexity index is 1240. The zero-order chi connectivity index (χ0) is 24.4. The predicted molar refractivity (Wildman–Crippen MR) is 129 cm³/mol. The van der Waals surface area contributed by atoms with Crippen LogP contribution in [0, 0.1) is 0 Å². The third-order valence-corrected chi connectivity index (χ3v) is 8.13. The number of hydrogen-bond donors (Lipinski definition) is 4. The van der Waals surface area contributed by atoms with Crippen LogP contribution >= 0.6 is 46.2 Å². The van der Waals surface area contributed by atoms with Gasteiger partial charge in [-0.3, -0.25) is 14.5 Å². The Labute approximate surface area is 208 Å². The zero-order valence-corrected chi connectivity index (χ0v) is 20.5. The number of anilines is 2. The largest absolute Gasteiger partial charge is 0.477 e. The standard InChI is InChI=1S/C17H16N8O5S4/c1-30-24-8(7-5-33-15(18)20-7)11(26)21-9-12(27)25-10(14(28)29)6(4-32-13(9)25)2-3-31-17-23-22-16(19)34-17/h2-3,5,9,13H,4H2,1H3,(H2,18,20)(H2,19,22)(H,21,26)(H,28,29)/b3-2+,24-8-. The number of oxime groups is 1. The Balaban J connectivity index is 1.49. The summed E-state index contributed by atoms with van der Waals surface area (Å²) in [6, 6.07) is -0.936. The van der Waals surface area contributed by atoms with Gasteiger partial charge in [-0.2, -0.15) is 0 Å². The van der Waals surface area contributed by atoms with Gasteiger partial charge in [0, 0.05) is 11.1 Å². The number of β-lactam (4-membered cyclic amide) rings is 1. The van der Waals surface area contributed by atoms with Crippen LogP contribution in [0.3, 0.4) is 0 Å². The van der Waals surface area contributed by atoms with Crippen molar-refractivity contribution in [3.8, 4) is 0 Å². The van der Waals surface area contributed by atoms with Crippen molar-refractivity contribution in [3.63, 3.8) is 0 Å². The van der Waals surface area contributed by atoms with Gasteiger partial charge in [0.25, 0.3) is 11.8 Å². The Kier molecular flexibility index (Phi) is 7.05. The van der Waals surface area contributed by atoms with Gasteiger partial charge >= 0.3 is 5.97 Å². The monoisotopic (exact) mass is 540 g/mol. The van der Waals surface area contributed by atoms with Gasteiger partial charge in [-0.15, -0.1) is 33.3 Å². The van der Waals surface area contributed by atoms with Crippen molar-refractivity contribution in [3.05, 3.63) is 33.8 Å². The average molecular weight is 541 g/mol. The molecular weight excluding hydrogens is 525 g/mol. The van der Waals surface area contributed by atoms with Crippen molar-refractivity contribution in [2.45, 2.75) is 15.8 Å². The Morgan fingerprint density at radius 1 is 1.38 bits per heavy atom. The van der Waals surface area contributed by atoms with E-state index in [2.05, 4.69) is 25.7 Å². The molecule has 2 amide bonds. The first-order valence-corrected chi connectivity index (χ1v) is 12.9. The van der Waals surface area contributed by atoms with Crippen molar-refractivity contribution < 1.29 is 24.3 Å². The normalized spacial score (nSPS) is 20.3. The van der Waals surface area contributed by atoms with Crippen molar-refractivity contribution in [2.24, 2.45) is 5.16 Å². The molecule has 2 aliphatic heterocycles. The molecule has 0 radical (unpaired) electrons. The van der Waals surface area contributed by atoms with E-state index in [-0.39, 0.29) is 22.2 Å². The molecule has 0 saturated carbocycles. The molecule has 2 atom stereocenters. The molecule has 0 spiro atoms. The quantitative estimate of drug-likeness (QED) is 0.157. The zero-order valence-electron chi connectivity index (χ0n) is 17.2. The van der Waals surface area contributed by atoms with Crippen LogP contribution in [0.2, 0.25) is 0 Å². The van der Waals surface area contributed by atoms with E-state index in [0.29, 0.717) is 20.8 Å². The van der Waals surface area contributed by atoms with Crippen LogP contribution < -0.4 is 16.8 Å². The first-order valence-electron chi connectivity index (χ1n) is 9.26. The highest BCUT2D eigenvalue weighted by molar-refractivity contribution is 8.03. The van der Waals surface area contributed by atoms with Crippen LogP contribution in [0.15, 0.2) is 37.6 Å². The number of nitrogens with two attached hydrogens (primary N) is 2. The molecular formula is C17H16N8O5S4. The summed E-state index contributed by atoms with van der Waals surface area (Å²) < 4.78 is 0.603. The van der Waals surface area contributed by atoms with Crippen LogP contribution in [-0.2, 0) is 19.2 Å². The minimum absolute atomic E-state index is 0.133. The molecule has 6 N–H and O–H groups in total. The number of nitrogens with one attached hydrogen (secondary N) is 1. The highest BCUT2D eigenvalue weighted by atomic mass is 32.2. The topological polar surface area (TPSA) is 199 Å². The van der Waals surface area contributed by atoms with E-state index in [9.17, 15) is 19.5 Å². The SMILES string of the molecule is CO/N=C(\C(=O)NC1C(=O)N2C(C(=O)O)=C(/C=C/Sc3nnc(N)s3)CSC12)c1csc(N)n1. The minimum atomic E-state index is -1.24. The molecule has 178 valence electrons. The summed E-state index contributed by atoms with van der Waals surface area (Å²) in [5.41, 5.74) is 11.6. The van der Waals surface area contributed by atoms with Gasteiger partial charge in [0.15, 0.2) is 15.2 Å². The highest BCUT2D eigenvalue weighted by Gasteiger charge is 2.54. The Hall–Kier alpha value is -3.15. The van der Waals surface area contributed by atoms with E-state index in [1.165, 1.54) is 52.3 Å². The second-order valence-electron chi connectivity index (χ2n) is 6.56. The fourth-order valence-corrected chi connectivity index (χ4v) is 6.38. The molecule has 1 fully saturated rings. The number of nitrogens with zero attached hydrogens (tertiary/aromatic N) is 5. The average Bonchev–Trinajstić information content (AvgIpc) is 3.42. The number of carboxylic acids is 1. The Morgan fingerprint density at radius 2 is 2.18 bits per heavy atom. The lowest BCUT2D eigenvalue weighted by Crippen LogP contribution is -2.71. The van der Waals surface area contributed by atoms with Crippen LogP contribution in [0.4, 0.5) is 10.3 Å². The second kappa shape index (κ2) is 10.00. The van der Waals surface area contributed by atoms with E-state index in [1.807, 2.05) is 0 Å². The lowest BCUT2D eigenvalue weighted by atomic mass is 10.0. The van der Waals surface area contributed by atoms with Gasteiger partial charge in [-0.25, -0.2) is 9.78 Å². The van der Waals surface area contributed by atoms with E-state index in [4.69, 9.17) is 16.3 Å². The number of nitrogen functional groups attached to an aromatic ring is 2. The minimum Gasteiger partial charge on any atom is -0.477 e. The van der Waals surface area contributed by atoms with Gasteiger partial charge in [-0.1, -0.05) is 28.3 Å². The van der Waals surface area contributed by atoms with Crippen molar-refractivity contribution >= 4 is 80.0 Å². The van der Waals surface area contributed by atoms with Crippen molar-refractivity contribution in [2.75, 3.05) is 24.3 Å². The number of allylic oxidation sites excluding steroid dienone is 1. The molecule has 2 aromatic rings. The summed E-state index contributed by atoms with van der Waals surface area (Å²) in [7, 11) is 1.27. The van der Waals surface area contributed by atoms with E-state index in [0.717, 1.165) is 11.3 Å². The van der Waals surface area contributed by atoms with Crippen LogP contribution in [-0.4, -0.2) is 73.0 Å². The first kappa shape index (κ1) is 24.0. The molecule has 4 rings (SSSR count). The van der Waals surface area contributed by atoms with E-state index in [1.54, 1.807) is 11.5 Å². The number of carbonyl (C=O) groups excluding carboxylic acids is 2. The van der Waals surface area contributed by atoms with Gasteiger partial charge in [0.05, 0.1) is 0 Å². The third kappa shape index (κ3) is 4.72. The molecule has 0 aromatic carbocycles. The first-order chi connectivity index (χ1) is 16.3. The smallest absolute Gasteiger partial charge is 0.352 e. The number of aliphatic carboxylic acids is 1. The van der Waals surface area contributed by atoms with Crippen LogP contribution in [0.1, 0.15) is 5.69 Å². The summed E-state index contributed by atoms with van der Waals surface area (Å²) in [6.45, 7) is 0. The molecule has 13 nitrogen and oxygen atoms in total. The lowest BCUT2D eigenvalue weighted by molar-refractivity contribution is -0.150. The number of thioether (sulfide) groups is 2. The van der Waals surface area contributed by atoms with Gasteiger partial charge in [-0.05, 0) is 17.1 Å². The maximum atomic E-state index is 12.8. The van der Waals surface area contributed by atoms with Gasteiger partial charge < -0.3 is 26.7 Å². The van der Waals surface area contributed by atoms with Crippen molar-refractivity contribution in [1.29, 1.82) is 0 Å². The summed E-state index contributed by atoms with van der Waals surface area (Å²) >= 11 is 4.89. The van der Waals surface area contributed by atoms with Crippen LogP contribution in [0.25, 0.3) is 0 Å². The van der Waals surface area contributed by atoms with Crippen LogP contribution in [0.5, 0.6) is 0 Å². The van der Waals surface area contributed by atoms with E-state index < -0.39 is 29.2 Å². The number of carbonyl (C=O) groups is 3. The molecule has 2 aromatic heterocycles. The summed E-state index contributed by atoms with van der Waals surface area (Å²) in [6.07, 6.45) is 1.62. The Morgan fingerprint density at radius 3 is 2.79 bits per heavy atom. The number of hydrogen-bond acceptors (Lipinski definition) is 14. The molecule has 1 saturated heterocycles. The number of aromatic nitrogens is 3. The maximum Gasteiger partial charge on any atom is 0.352 e. The molecule has 2 unspecified atom stereocenters. The summed E-state index contributed by atoms with van der Waals surface area (Å²) in [5.74, 6) is -2.16. The fourth-order valence-electron chi connectivity index (χ4n) is 3.12. The van der Waals surface area contributed by atoms with Crippen molar-refractivity contribution in [1.82, 2.24) is 25.4 Å². The predicted octanol–water partition coefficient (Wildman–Crippen LogP) is 0.554. The molecule has 34 heavy (non-hydrogen) atoms. The third-order valence-electron chi connectivity index (χ3n) is 4.51. The maximum absolute atomic E-state index is 12.8. The molecule has 0 bridgehead atoms. The summed E-state index contributed by atoms with van der Waals surface area (Å²) in [4.78, 5) is 47.5. The molecule has 0 aliphatic carbocycles. The van der Waals surface area contributed by atoms with E-state index >= 15 is 0 Å². The molecule has 4 heterocycles. The lowest BCUT2D eigenvalue weighted by Gasteiger charge is -2.49. The number of carboxylic acid groups (broad SMARTS) is 1. The summed E-state index contributed by atoms with van der Waals surface area (Å²) in [5, 5.41) is 26.8. The number of rotatable bonds is 8. The van der Waals surface area contributed by atoms with Gasteiger partial charge in [0.1, 0.15) is 29.9 Å². The molecule has 17 heteroatoms. The fraction of sp³-hybridized carbons (Fsp3) is 0.235. The molecule has 2 aliphatic rings. The number of thiazole rings is 1. The number of amides is 2.